The molecular formula is C32H63NaO4. The first-order valence-electron chi connectivity index (χ1n) is 16.0. The quantitative estimate of drug-likeness (QED) is 0.0571. The van der Waals surface area contributed by atoms with Crippen LogP contribution in [0.1, 0.15) is 182 Å². The van der Waals surface area contributed by atoms with E-state index in [4.69, 9.17) is 9.47 Å². The number of esters is 2. The number of carbonyl (C=O) groups excluding carboxylic acids is 2. The van der Waals surface area contributed by atoms with E-state index in [0.717, 1.165) is 25.7 Å². The maximum atomic E-state index is 11.8. The summed E-state index contributed by atoms with van der Waals surface area (Å²) in [5.41, 5.74) is 0. The van der Waals surface area contributed by atoms with Gasteiger partial charge in [0.15, 0.2) is 0 Å². The van der Waals surface area contributed by atoms with Crippen LogP contribution in [0, 0.1) is 0 Å². The molecule has 0 radical (unpaired) electrons. The number of rotatable bonds is 29. The molecule has 0 aromatic carbocycles. The van der Waals surface area contributed by atoms with Gasteiger partial charge in [-0.3, -0.25) is 9.59 Å². The first-order valence-corrected chi connectivity index (χ1v) is 16.0. The van der Waals surface area contributed by atoms with Crippen LogP contribution in [0.5, 0.6) is 0 Å². The van der Waals surface area contributed by atoms with E-state index in [9.17, 15) is 9.59 Å². The molecule has 0 aromatic heterocycles. The van der Waals surface area contributed by atoms with Gasteiger partial charge in [-0.2, -0.15) is 0 Å². The Hall–Kier alpha value is -0.0600. The molecule has 5 heteroatoms. The smallest absolute Gasteiger partial charge is 1.00 e. The van der Waals surface area contributed by atoms with Gasteiger partial charge in [-0.05, 0) is 12.8 Å². The molecule has 0 aromatic rings. The average Bonchev–Trinajstić information content (AvgIpc) is 2.88. The van der Waals surface area contributed by atoms with Gasteiger partial charge < -0.3 is 10.9 Å². The van der Waals surface area contributed by atoms with Crippen LogP contribution in [0.3, 0.4) is 0 Å². The number of carbonyl (C=O) groups is 2. The van der Waals surface area contributed by atoms with Crippen molar-refractivity contribution in [2.45, 2.75) is 181 Å². The van der Waals surface area contributed by atoms with Crippen LogP contribution in [-0.4, -0.2) is 25.2 Å². The van der Waals surface area contributed by atoms with Crippen molar-refractivity contribution in [2.24, 2.45) is 0 Å². The Kier molecular flexibility index (Phi) is 35.9. The van der Waals surface area contributed by atoms with Crippen LogP contribution in [0.2, 0.25) is 0 Å². The van der Waals surface area contributed by atoms with Crippen LogP contribution in [-0.2, 0) is 19.1 Å². The molecule has 0 aliphatic heterocycles. The fourth-order valence-corrected chi connectivity index (χ4v) is 4.68. The van der Waals surface area contributed by atoms with Gasteiger partial charge in [-0.25, -0.2) is 0 Å². The zero-order valence-corrected chi connectivity index (χ0v) is 27.4. The van der Waals surface area contributed by atoms with E-state index in [1.165, 1.54) is 128 Å². The molecule has 0 atom stereocenters. The summed E-state index contributed by atoms with van der Waals surface area (Å²) >= 11 is 0. The van der Waals surface area contributed by atoms with Crippen molar-refractivity contribution in [1.82, 2.24) is 0 Å². The van der Waals surface area contributed by atoms with Gasteiger partial charge in [0, 0.05) is 12.8 Å². The Bertz CT molecular complexity index is 476. The maximum absolute atomic E-state index is 11.8. The van der Waals surface area contributed by atoms with Crippen LogP contribution < -0.4 is 29.6 Å². The minimum Gasteiger partial charge on any atom is -1.00 e. The molecule has 0 fully saturated rings. The third-order valence-corrected chi connectivity index (χ3v) is 7.08. The summed E-state index contributed by atoms with van der Waals surface area (Å²) in [4.78, 5) is 23.6. The Morgan fingerprint density at radius 1 is 0.405 bits per heavy atom. The summed E-state index contributed by atoms with van der Waals surface area (Å²) in [6.07, 6.45) is 31.8. The molecule has 0 aliphatic rings. The van der Waals surface area contributed by atoms with Gasteiger partial charge in [-0.1, -0.05) is 155 Å². The summed E-state index contributed by atoms with van der Waals surface area (Å²) in [5.74, 6) is -0.337. The molecule has 0 saturated carbocycles. The standard InChI is InChI=1S/C32H62O4.Na.H/c1-3-5-7-9-11-13-14-15-16-17-18-20-22-24-26-28-32(34)36-30-29-35-31(33)27-25-23-21-19-12-10-8-6-4-2;;/h3-30H2,1-2H3;;/q;+1;-1. The van der Waals surface area contributed by atoms with Crippen molar-refractivity contribution >= 4 is 11.9 Å². The van der Waals surface area contributed by atoms with Gasteiger partial charge >= 0.3 is 41.5 Å². The minimum atomic E-state index is -0.170. The molecule has 0 unspecified atom stereocenters. The minimum absolute atomic E-state index is 0. The predicted molar refractivity (Wildman–Crippen MR) is 154 cm³/mol. The Labute approximate surface area is 255 Å². The molecule has 0 bridgehead atoms. The number of hydrogen-bond donors (Lipinski definition) is 0. The van der Waals surface area contributed by atoms with Gasteiger partial charge in [0.2, 0.25) is 0 Å². The normalized spacial score (nSPS) is 10.8. The Morgan fingerprint density at radius 3 is 0.865 bits per heavy atom. The third kappa shape index (κ3) is 33.9. The monoisotopic (exact) mass is 534 g/mol. The first kappa shape index (κ1) is 39.1. The van der Waals surface area contributed by atoms with Crippen LogP contribution in [0.4, 0.5) is 0 Å². The van der Waals surface area contributed by atoms with E-state index in [0.29, 0.717) is 12.8 Å². The molecule has 0 spiro atoms. The first-order chi connectivity index (χ1) is 17.7. The summed E-state index contributed by atoms with van der Waals surface area (Å²) in [6.45, 7) is 4.88. The summed E-state index contributed by atoms with van der Waals surface area (Å²) in [5, 5.41) is 0. The zero-order chi connectivity index (χ0) is 26.4. The zero-order valence-electron chi connectivity index (χ0n) is 26.4. The summed E-state index contributed by atoms with van der Waals surface area (Å²) in [7, 11) is 0. The molecule has 216 valence electrons. The molecule has 0 rings (SSSR count). The van der Waals surface area contributed by atoms with Crippen molar-refractivity contribution in [2.75, 3.05) is 13.2 Å². The van der Waals surface area contributed by atoms with Crippen molar-refractivity contribution in [3.8, 4) is 0 Å². The predicted octanol–water partition coefficient (Wildman–Crippen LogP) is 7.37. The van der Waals surface area contributed by atoms with E-state index >= 15 is 0 Å². The van der Waals surface area contributed by atoms with Crippen molar-refractivity contribution < 1.29 is 50.0 Å². The molecule has 0 N–H and O–H groups in total. The van der Waals surface area contributed by atoms with Crippen molar-refractivity contribution in [1.29, 1.82) is 0 Å². The van der Waals surface area contributed by atoms with E-state index in [-0.39, 0.29) is 56.1 Å². The second-order valence-electron chi connectivity index (χ2n) is 10.7. The van der Waals surface area contributed by atoms with Crippen LogP contribution in [0.15, 0.2) is 0 Å². The van der Waals surface area contributed by atoms with Gasteiger partial charge in [0.05, 0.1) is 0 Å². The molecule has 0 amide bonds. The van der Waals surface area contributed by atoms with Gasteiger partial charge in [-0.15, -0.1) is 0 Å². The molecular weight excluding hydrogens is 471 g/mol. The van der Waals surface area contributed by atoms with Gasteiger partial charge in [0.1, 0.15) is 13.2 Å². The molecule has 37 heavy (non-hydrogen) atoms. The third-order valence-electron chi connectivity index (χ3n) is 7.08. The number of unbranched alkanes of at least 4 members (excludes halogenated alkanes) is 22. The number of hydrogen-bond acceptors (Lipinski definition) is 4. The fraction of sp³-hybridized carbons (Fsp3) is 0.938. The SMILES string of the molecule is CCCCCCCCCCCCCCCCCC(=O)OCCOC(=O)CCCCCCCCCCC.[H-].[Na+]. The van der Waals surface area contributed by atoms with E-state index < -0.39 is 0 Å². The van der Waals surface area contributed by atoms with Gasteiger partial charge in [0.25, 0.3) is 0 Å². The fourth-order valence-electron chi connectivity index (χ4n) is 4.68. The van der Waals surface area contributed by atoms with Crippen LogP contribution >= 0.6 is 0 Å². The van der Waals surface area contributed by atoms with Crippen molar-refractivity contribution in [3.63, 3.8) is 0 Å². The van der Waals surface area contributed by atoms with Crippen LogP contribution in [0.25, 0.3) is 0 Å². The Morgan fingerprint density at radius 2 is 0.622 bits per heavy atom. The summed E-state index contributed by atoms with van der Waals surface area (Å²) in [6, 6.07) is 0. The average molecular weight is 535 g/mol. The molecule has 0 heterocycles. The second kappa shape index (κ2) is 34.0. The molecule has 4 nitrogen and oxygen atoms in total. The Balaban J connectivity index is -0.00000612. The van der Waals surface area contributed by atoms with Crippen molar-refractivity contribution in [3.05, 3.63) is 0 Å². The van der Waals surface area contributed by atoms with E-state index in [1.807, 2.05) is 0 Å². The maximum Gasteiger partial charge on any atom is 1.00 e. The second-order valence-corrected chi connectivity index (χ2v) is 10.7. The molecule has 0 aliphatic carbocycles. The number of ether oxygens (including phenoxy) is 2. The largest absolute Gasteiger partial charge is 1.00 e. The topological polar surface area (TPSA) is 52.6 Å². The van der Waals surface area contributed by atoms with E-state index in [2.05, 4.69) is 13.8 Å². The van der Waals surface area contributed by atoms with E-state index in [1.54, 1.807) is 0 Å². The summed E-state index contributed by atoms with van der Waals surface area (Å²) < 4.78 is 10.4. The molecule has 0 saturated heterocycles.